The Balaban J connectivity index is 1.27. The molecule has 5 N–H and O–H groups in total. The monoisotopic (exact) mass is 478 g/mol. The number of pyridine rings is 1. The molecule has 2 atom stereocenters. The molecule has 0 aliphatic heterocycles. The van der Waals surface area contributed by atoms with Gasteiger partial charge < -0.3 is 26.0 Å². The molecule has 0 radical (unpaired) electrons. The molecule has 0 saturated heterocycles. The number of fused-ring (bicyclic) bond motifs is 1. The highest BCUT2D eigenvalue weighted by atomic mass is 19.1. The van der Waals surface area contributed by atoms with Crippen LogP contribution in [0.2, 0.25) is 0 Å². The molecular weight excluding hydrogens is 447 g/mol. The molecule has 1 heterocycles. The van der Waals surface area contributed by atoms with Crippen molar-refractivity contribution >= 4 is 28.2 Å². The Morgan fingerprint density at radius 1 is 1.17 bits per heavy atom. The van der Waals surface area contributed by atoms with Crippen LogP contribution in [0, 0.1) is 5.82 Å². The van der Waals surface area contributed by atoms with Gasteiger partial charge in [0.2, 0.25) is 5.43 Å². The lowest BCUT2D eigenvalue weighted by Crippen LogP contribution is -2.38. The van der Waals surface area contributed by atoms with Gasteiger partial charge in [0.1, 0.15) is 5.56 Å². The zero-order valence-electron chi connectivity index (χ0n) is 19.8. The highest BCUT2D eigenvalue weighted by Crippen LogP contribution is 2.41. The van der Waals surface area contributed by atoms with Crippen LogP contribution in [0.4, 0.5) is 15.8 Å². The topological polar surface area (TPSA) is 109 Å². The van der Waals surface area contributed by atoms with E-state index >= 15 is 4.39 Å². The average Bonchev–Trinajstić information content (AvgIpc) is 3.63. The van der Waals surface area contributed by atoms with Crippen molar-refractivity contribution in [1.82, 2.24) is 9.88 Å². The van der Waals surface area contributed by atoms with E-state index in [-0.39, 0.29) is 22.8 Å². The minimum Gasteiger partial charge on any atom is -0.477 e. The van der Waals surface area contributed by atoms with Gasteiger partial charge in [0.25, 0.3) is 0 Å². The number of anilines is 2. The molecule has 2 aliphatic carbocycles. The number of nitrogens with two attached hydrogens (primary N) is 1. The summed E-state index contributed by atoms with van der Waals surface area (Å²) >= 11 is 0. The Hall–Kier alpha value is -3.39. The minimum atomic E-state index is -1.35. The number of carbonyl (C=O) groups is 1. The van der Waals surface area contributed by atoms with Crippen molar-refractivity contribution < 1.29 is 14.3 Å². The number of nitrogen functional groups attached to an aromatic ring is 1. The fourth-order valence-electron chi connectivity index (χ4n) is 5.44. The van der Waals surface area contributed by atoms with Crippen LogP contribution in [-0.2, 0) is 6.54 Å². The van der Waals surface area contributed by atoms with Crippen LogP contribution in [-0.4, -0.2) is 33.8 Å². The summed E-state index contributed by atoms with van der Waals surface area (Å²) in [6.07, 6.45) is 6.27. The molecule has 0 spiro atoms. The largest absolute Gasteiger partial charge is 0.477 e. The maximum absolute atomic E-state index is 15.2. The second-order valence-electron chi connectivity index (χ2n) is 9.73. The standard InChI is InChI=1S/C27H31FN4O3/c1-2-32-14-19(27(34)35)26(33)23-22(32)13-21(24(28)25(23)29)31-17-10-8-16(9-11-17)30-20-12-18(20)15-6-4-3-5-7-15/h3-7,13-14,16-18,20,30-31H,2,8-12,29H2,1H3,(H,34,35)/t16?,17?,18-,20+/m0/s1. The van der Waals surface area contributed by atoms with Crippen LogP contribution >= 0.6 is 0 Å². The number of aromatic carboxylic acids is 1. The summed E-state index contributed by atoms with van der Waals surface area (Å²) in [7, 11) is 0. The van der Waals surface area contributed by atoms with Crippen molar-refractivity contribution in [3.8, 4) is 0 Å². The summed E-state index contributed by atoms with van der Waals surface area (Å²) in [4.78, 5) is 24.2. The molecule has 3 aromatic rings. The van der Waals surface area contributed by atoms with Crippen molar-refractivity contribution in [1.29, 1.82) is 0 Å². The maximum atomic E-state index is 15.2. The zero-order valence-corrected chi connectivity index (χ0v) is 19.8. The van der Waals surface area contributed by atoms with E-state index in [1.165, 1.54) is 18.2 Å². The number of halogens is 1. The highest BCUT2D eigenvalue weighted by molar-refractivity contribution is 5.99. The van der Waals surface area contributed by atoms with Crippen LogP contribution in [0.25, 0.3) is 10.9 Å². The molecule has 1 aromatic heterocycles. The van der Waals surface area contributed by atoms with Crippen LogP contribution < -0.4 is 21.8 Å². The average molecular weight is 479 g/mol. The second-order valence-corrected chi connectivity index (χ2v) is 9.73. The van der Waals surface area contributed by atoms with E-state index in [9.17, 15) is 14.7 Å². The normalized spacial score (nSPS) is 23.8. The SMILES string of the molecule is CCn1cc(C(=O)O)c(=O)c2c(N)c(F)c(NC3CCC(N[C@@H]4C[C@H]4c4ccccc4)CC3)cc21. The van der Waals surface area contributed by atoms with E-state index < -0.39 is 22.8 Å². The van der Waals surface area contributed by atoms with E-state index in [1.807, 2.05) is 13.0 Å². The lowest BCUT2D eigenvalue weighted by Gasteiger charge is -2.31. The molecule has 0 unspecified atom stereocenters. The first-order chi connectivity index (χ1) is 16.9. The number of hydrogen-bond donors (Lipinski definition) is 4. The molecule has 7 nitrogen and oxygen atoms in total. The summed E-state index contributed by atoms with van der Waals surface area (Å²) in [5.41, 5.74) is 6.62. The number of benzene rings is 2. The molecular formula is C27H31FN4O3. The molecule has 8 heteroatoms. The van der Waals surface area contributed by atoms with Gasteiger partial charge in [-0.25, -0.2) is 9.18 Å². The van der Waals surface area contributed by atoms with Gasteiger partial charge in [-0.3, -0.25) is 4.79 Å². The van der Waals surface area contributed by atoms with Crippen LogP contribution in [0.1, 0.15) is 60.9 Å². The number of nitrogens with zero attached hydrogens (tertiary/aromatic N) is 1. The Morgan fingerprint density at radius 2 is 1.86 bits per heavy atom. The third kappa shape index (κ3) is 4.50. The van der Waals surface area contributed by atoms with E-state index in [0.29, 0.717) is 30.1 Å². The third-order valence-corrected chi connectivity index (χ3v) is 7.47. The minimum absolute atomic E-state index is 0.0832. The summed E-state index contributed by atoms with van der Waals surface area (Å²) in [5, 5.41) is 16.4. The summed E-state index contributed by atoms with van der Waals surface area (Å²) < 4.78 is 16.8. The fourth-order valence-corrected chi connectivity index (χ4v) is 5.44. The first-order valence-electron chi connectivity index (χ1n) is 12.3. The number of rotatable bonds is 7. The number of hydrogen-bond acceptors (Lipinski definition) is 5. The molecule has 0 bridgehead atoms. The van der Waals surface area contributed by atoms with Gasteiger partial charge in [0, 0.05) is 36.8 Å². The van der Waals surface area contributed by atoms with E-state index in [1.54, 1.807) is 10.6 Å². The van der Waals surface area contributed by atoms with Gasteiger partial charge in [-0.05, 0) is 50.7 Å². The van der Waals surface area contributed by atoms with Crippen molar-refractivity contribution in [2.75, 3.05) is 11.1 Å². The van der Waals surface area contributed by atoms with Crippen LogP contribution in [0.5, 0.6) is 0 Å². The fraction of sp³-hybridized carbons (Fsp3) is 0.407. The van der Waals surface area contributed by atoms with Gasteiger partial charge in [0.05, 0.1) is 22.3 Å². The zero-order chi connectivity index (χ0) is 24.7. The lowest BCUT2D eigenvalue weighted by atomic mass is 9.90. The molecule has 35 heavy (non-hydrogen) atoms. The van der Waals surface area contributed by atoms with Crippen LogP contribution in [0.15, 0.2) is 47.4 Å². The number of aromatic nitrogens is 1. The first kappa shape index (κ1) is 23.4. The van der Waals surface area contributed by atoms with Crippen molar-refractivity contribution in [3.05, 3.63) is 69.8 Å². The number of carboxylic acids is 1. The predicted molar refractivity (Wildman–Crippen MR) is 136 cm³/mol. The Morgan fingerprint density at radius 3 is 2.51 bits per heavy atom. The molecule has 0 amide bonds. The Kier molecular flexibility index (Phi) is 6.23. The number of nitrogens with one attached hydrogen (secondary N) is 2. The third-order valence-electron chi connectivity index (χ3n) is 7.47. The lowest BCUT2D eigenvalue weighted by molar-refractivity contribution is 0.0695. The van der Waals surface area contributed by atoms with Gasteiger partial charge in [-0.2, -0.15) is 0 Å². The molecule has 2 aromatic carbocycles. The van der Waals surface area contributed by atoms with Gasteiger partial charge >= 0.3 is 5.97 Å². The smallest absolute Gasteiger partial charge is 0.341 e. The Labute approximate surface area is 203 Å². The summed E-state index contributed by atoms with van der Waals surface area (Å²) in [6, 6.07) is 13.3. The van der Waals surface area contributed by atoms with Crippen LogP contribution in [0.3, 0.4) is 0 Å². The van der Waals surface area contributed by atoms with Gasteiger partial charge in [-0.15, -0.1) is 0 Å². The van der Waals surface area contributed by atoms with Crippen molar-refractivity contribution in [2.24, 2.45) is 0 Å². The molecule has 2 fully saturated rings. The summed E-state index contributed by atoms with van der Waals surface area (Å²) in [6.45, 7) is 2.25. The van der Waals surface area contributed by atoms with E-state index in [4.69, 9.17) is 5.73 Å². The predicted octanol–water partition coefficient (Wildman–Crippen LogP) is 4.31. The first-order valence-corrected chi connectivity index (χ1v) is 12.3. The highest BCUT2D eigenvalue weighted by Gasteiger charge is 2.39. The molecule has 5 rings (SSSR count). The van der Waals surface area contributed by atoms with Gasteiger partial charge in [0.15, 0.2) is 5.82 Å². The molecule has 2 saturated carbocycles. The second kappa shape index (κ2) is 9.34. The number of carboxylic acid groups (broad SMARTS) is 1. The van der Waals surface area contributed by atoms with Crippen molar-refractivity contribution in [2.45, 2.75) is 69.6 Å². The number of aryl methyl sites for hydroxylation is 1. The quantitative estimate of drug-likeness (QED) is 0.377. The molecule has 2 aliphatic rings. The summed E-state index contributed by atoms with van der Waals surface area (Å²) in [5.74, 6) is -1.46. The van der Waals surface area contributed by atoms with Gasteiger partial charge in [-0.1, -0.05) is 30.3 Å². The van der Waals surface area contributed by atoms with Crippen molar-refractivity contribution in [3.63, 3.8) is 0 Å². The van der Waals surface area contributed by atoms with E-state index in [2.05, 4.69) is 34.9 Å². The maximum Gasteiger partial charge on any atom is 0.341 e. The van der Waals surface area contributed by atoms with E-state index in [0.717, 1.165) is 25.7 Å². The Bertz CT molecular complexity index is 1320. The molecule has 184 valence electrons.